The number of para-hydroxylation sites is 1. The lowest BCUT2D eigenvalue weighted by atomic mass is 10.3. The third kappa shape index (κ3) is 5.94. The van der Waals surface area contributed by atoms with Gasteiger partial charge in [0.2, 0.25) is 0 Å². The average molecular weight is 405 g/mol. The summed E-state index contributed by atoms with van der Waals surface area (Å²) in [5.74, 6) is -10.1. The number of sulfone groups is 1. The van der Waals surface area contributed by atoms with Crippen LogP contribution in [0.1, 0.15) is 0 Å². The van der Waals surface area contributed by atoms with E-state index in [4.69, 9.17) is 20.4 Å². The Labute approximate surface area is 142 Å². The van der Waals surface area contributed by atoms with Crippen LogP contribution in [0.3, 0.4) is 0 Å². The summed E-state index contributed by atoms with van der Waals surface area (Å²) in [6, 6.07) is 4.62. The number of nitrogens with zero attached hydrogens (tertiary/aromatic N) is 1. The van der Waals surface area contributed by atoms with Crippen LogP contribution in [0.4, 0.5) is 18.9 Å². The fourth-order valence-corrected chi connectivity index (χ4v) is 2.46. The number of carboxylic acid groups (broad SMARTS) is 2. The second-order valence-corrected chi connectivity index (χ2v) is 6.31. The molecule has 0 fully saturated rings. The van der Waals surface area contributed by atoms with Crippen LogP contribution in [0.25, 0.3) is 0 Å². The number of carboxylic acids is 2. The summed E-state index contributed by atoms with van der Waals surface area (Å²) < 4.78 is 56.6. The first-order chi connectivity index (χ1) is 11.5. The van der Waals surface area contributed by atoms with E-state index in [0.717, 1.165) is 12.1 Å². The molecule has 0 spiro atoms. The van der Waals surface area contributed by atoms with Gasteiger partial charge in [0.15, 0.2) is 15.6 Å². The molecule has 1 aromatic carbocycles. The molecule has 0 heterocycles. The number of hydrogen-bond acceptors (Lipinski definition) is 8. The Kier molecular flexibility index (Phi) is 7.20. The molecule has 0 saturated carbocycles. The smallest absolute Gasteiger partial charge is 0.455 e. The van der Waals surface area contributed by atoms with E-state index >= 15 is 0 Å². The summed E-state index contributed by atoms with van der Waals surface area (Å²) in [5.41, 5.74) is -0.622. The van der Waals surface area contributed by atoms with E-state index in [9.17, 15) is 41.3 Å². The van der Waals surface area contributed by atoms with Crippen molar-refractivity contribution < 1.29 is 56.5 Å². The van der Waals surface area contributed by atoms with Gasteiger partial charge < -0.3 is 20.4 Å². The molecular weight excluding hydrogens is 395 g/mol. The van der Waals surface area contributed by atoms with Crippen molar-refractivity contribution in [1.29, 1.82) is 0 Å². The van der Waals surface area contributed by atoms with E-state index in [1.807, 2.05) is 0 Å². The third-order valence-electron chi connectivity index (χ3n) is 2.40. The highest BCUT2D eigenvalue weighted by atomic mass is 32.2. The van der Waals surface area contributed by atoms with Crippen molar-refractivity contribution in [3.63, 3.8) is 0 Å². The standard InChI is InChI=1S/C8H7NO6S.C3H3F3O4/c10-8(11)5-16(14,15)7-4-2-1-3-6(7)9(12)13;4-3(5,6)2(9,10)1(7)8/h1-4H,5H2,(H,10,11);9-10H,(H,7,8). The zero-order chi connectivity index (χ0) is 20.9. The molecule has 0 radical (unpaired) electrons. The first-order valence-electron chi connectivity index (χ1n) is 5.97. The van der Waals surface area contributed by atoms with Crippen molar-refractivity contribution in [2.45, 2.75) is 16.9 Å². The highest BCUT2D eigenvalue weighted by molar-refractivity contribution is 7.92. The van der Waals surface area contributed by atoms with Gasteiger partial charge in [-0.2, -0.15) is 13.2 Å². The van der Waals surface area contributed by atoms with Crippen LogP contribution in [0, 0.1) is 10.1 Å². The Morgan fingerprint density at radius 1 is 1.12 bits per heavy atom. The lowest BCUT2D eigenvalue weighted by molar-refractivity contribution is -0.387. The number of aliphatic hydroxyl groups is 2. The number of nitro benzene ring substituents is 1. The molecule has 0 bridgehead atoms. The molecule has 15 heteroatoms. The lowest BCUT2D eigenvalue weighted by Gasteiger charge is -2.18. The largest absolute Gasteiger partial charge is 0.480 e. The van der Waals surface area contributed by atoms with Gasteiger partial charge in [0.05, 0.1) is 4.92 Å². The average Bonchev–Trinajstić information content (AvgIpc) is 2.45. The van der Waals surface area contributed by atoms with Crippen LogP contribution in [0.5, 0.6) is 0 Å². The number of rotatable bonds is 5. The normalized spacial score (nSPS) is 11.9. The zero-order valence-electron chi connectivity index (χ0n) is 12.2. The summed E-state index contributed by atoms with van der Waals surface area (Å²) in [4.78, 5) is 28.9. The highest BCUT2D eigenvalue weighted by Crippen LogP contribution is 2.27. The maximum Gasteiger partial charge on any atom is 0.455 e. The Morgan fingerprint density at radius 2 is 1.58 bits per heavy atom. The highest BCUT2D eigenvalue weighted by Gasteiger charge is 2.59. The second-order valence-electron chi connectivity index (χ2n) is 4.35. The maximum atomic E-state index is 11.5. The van der Waals surface area contributed by atoms with Crippen LogP contribution in [0.15, 0.2) is 29.2 Å². The summed E-state index contributed by atoms with van der Waals surface area (Å²) in [5, 5.41) is 42.0. The molecule has 0 atom stereocenters. The number of hydrogen-bond donors (Lipinski definition) is 4. The molecule has 0 aliphatic rings. The predicted octanol–water partition coefficient (Wildman–Crippen LogP) is -0.233. The molecule has 0 amide bonds. The molecular formula is C11H10F3NO10S. The van der Waals surface area contributed by atoms with Gasteiger partial charge in [0.25, 0.3) is 5.69 Å². The van der Waals surface area contributed by atoms with Gasteiger partial charge in [0, 0.05) is 6.07 Å². The van der Waals surface area contributed by atoms with Crippen molar-refractivity contribution >= 4 is 27.5 Å². The molecule has 146 valence electrons. The van der Waals surface area contributed by atoms with E-state index in [0.29, 0.717) is 0 Å². The van der Waals surface area contributed by atoms with Crippen molar-refractivity contribution in [2.75, 3.05) is 5.75 Å². The van der Waals surface area contributed by atoms with E-state index in [1.54, 1.807) is 0 Å². The van der Waals surface area contributed by atoms with Gasteiger partial charge in [0.1, 0.15) is 4.90 Å². The Hall–Kier alpha value is -2.78. The van der Waals surface area contributed by atoms with Gasteiger partial charge in [-0.05, 0) is 6.07 Å². The van der Waals surface area contributed by atoms with E-state index < -0.39 is 55.0 Å². The van der Waals surface area contributed by atoms with Crippen LogP contribution in [-0.4, -0.2) is 63.4 Å². The summed E-state index contributed by atoms with van der Waals surface area (Å²) in [6.45, 7) is 0. The Bertz CT molecular complexity index is 803. The molecule has 0 unspecified atom stereocenters. The fraction of sp³-hybridized carbons (Fsp3) is 0.273. The van der Waals surface area contributed by atoms with Crippen molar-refractivity contribution in [2.24, 2.45) is 0 Å². The second kappa shape index (κ2) is 8.07. The van der Waals surface area contributed by atoms with Crippen molar-refractivity contribution in [3.8, 4) is 0 Å². The molecule has 4 N–H and O–H groups in total. The quantitative estimate of drug-likeness (QED) is 0.289. The SMILES string of the molecule is O=C(O)C(O)(O)C(F)(F)F.O=C(O)CS(=O)(=O)c1ccccc1[N+](=O)[O-]. The minimum Gasteiger partial charge on any atom is -0.480 e. The van der Waals surface area contributed by atoms with Crippen LogP contribution >= 0.6 is 0 Å². The Morgan fingerprint density at radius 3 is 1.88 bits per heavy atom. The summed E-state index contributed by atoms with van der Waals surface area (Å²) in [7, 11) is -4.18. The van der Waals surface area contributed by atoms with Gasteiger partial charge in [-0.1, -0.05) is 12.1 Å². The van der Waals surface area contributed by atoms with Crippen molar-refractivity contribution in [3.05, 3.63) is 34.4 Å². The number of halogens is 3. The van der Waals surface area contributed by atoms with Crippen LogP contribution in [-0.2, 0) is 19.4 Å². The number of nitro groups is 1. The molecule has 0 aliphatic carbocycles. The van der Waals surface area contributed by atoms with Gasteiger partial charge in [-0.15, -0.1) is 0 Å². The first-order valence-corrected chi connectivity index (χ1v) is 7.62. The molecule has 26 heavy (non-hydrogen) atoms. The zero-order valence-corrected chi connectivity index (χ0v) is 13.1. The molecule has 1 aromatic rings. The van der Waals surface area contributed by atoms with E-state index in [-0.39, 0.29) is 0 Å². The van der Waals surface area contributed by atoms with E-state index in [2.05, 4.69) is 0 Å². The predicted molar refractivity (Wildman–Crippen MR) is 73.6 cm³/mol. The van der Waals surface area contributed by atoms with E-state index in [1.165, 1.54) is 12.1 Å². The molecule has 0 aromatic heterocycles. The van der Waals surface area contributed by atoms with Crippen LogP contribution in [0.2, 0.25) is 0 Å². The molecule has 11 nitrogen and oxygen atoms in total. The lowest BCUT2D eigenvalue weighted by Crippen LogP contribution is -2.51. The third-order valence-corrected chi connectivity index (χ3v) is 4.05. The molecule has 1 rings (SSSR count). The monoisotopic (exact) mass is 405 g/mol. The first kappa shape index (κ1) is 23.2. The number of alkyl halides is 3. The summed E-state index contributed by atoms with van der Waals surface area (Å²) in [6.07, 6.45) is -5.57. The van der Waals surface area contributed by atoms with Gasteiger partial charge >= 0.3 is 23.9 Å². The number of benzene rings is 1. The fourth-order valence-electron chi connectivity index (χ4n) is 1.23. The van der Waals surface area contributed by atoms with Crippen molar-refractivity contribution in [1.82, 2.24) is 0 Å². The molecule has 0 saturated heterocycles. The summed E-state index contributed by atoms with van der Waals surface area (Å²) >= 11 is 0. The molecule has 0 aliphatic heterocycles. The number of aliphatic carboxylic acids is 2. The minimum atomic E-state index is -5.57. The number of carbonyl (C=O) groups is 2. The maximum absolute atomic E-state index is 11.5. The Balaban J connectivity index is 0.000000541. The van der Waals surface area contributed by atoms with Gasteiger partial charge in [-0.25, -0.2) is 13.2 Å². The minimum absolute atomic E-state index is 0.581. The van der Waals surface area contributed by atoms with Gasteiger partial charge in [-0.3, -0.25) is 14.9 Å². The van der Waals surface area contributed by atoms with Crippen LogP contribution < -0.4 is 0 Å². The topological polar surface area (TPSA) is 192 Å².